The molecule has 0 amide bonds. The SMILES string of the molecule is C[C@@]1(O)CCC[C@H]1N1CC(I)=Cc2cnc(NC3CCN(S(C)(=O)=O)CC3)nc21. The van der Waals surface area contributed by atoms with Gasteiger partial charge in [-0.2, -0.15) is 4.98 Å². The van der Waals surface area contributed by atoms with Crippen molar-refractivity contribution in [2.45, 2.75) is 56.7 Å². The number of nitrogens with one attached hydrogen (secondary N) is 1. The van der Waals surface area contributed by atoms with E-state index in [9.17, 15) is 13.5 Å². The highest BCUT2D eigenvalue weighted by Gasteiger charge is 2.42. The van der Waals surface area contributed by atoms with Gasteiger partial charge in [-0.1, -0.05) is 0 Å². The van der Waals surface area contributed by atoms with Crippen LogP contribution in [0.15, 0.2) is 9.78 Å². The van der Waals surface area contributed by atoms with Crippen molar-refractivity contribution in [2.24, 2.45) is 0 Å². The standard InChI is InChI=1S/C19H28IN5O3S/c1-19(26)7-3-4-16(19)25-12-14(20)10-13-11-21-18(23-17(13)25)22-15-5-8-24(9-6-15)29(2,27)28/h10-11,15-16,26H,3-9,12H2,1-2H3,(H,21,22,23)/t16-,19-/m1/s1. The Bertz CT molecular complexity index is 912. The van der Waals surface area contributed by atoms with Gasteiger partial charge in [-0.15, -0.1) is 0 Å². The second-order valence-corrected chi connectivity index (χ2v) is 11.9. The number of sulfonamides is 1. The molecule has 0 bridgehead atoms. The molecule has 3 heterocycles. The van der Waals surface area contributed by atoms with Crippen molar-refractivity contribution < 1.29 is 13.5 Å². The molecule has 2 aliphatic heterocycles. The molecule has 2 fully saturated rings. The summed E-state index contributed by atoms with van der Waals surface area (Å²) in [7, 11) is -3.13. The maximum atomic E-state index is 11.7. The molecule has 2 N–H and O–H groups in total. The number of fused-ring (bicyclic) bond motifs is 1. The zero-order valence-corrected chi connectivity index (χ0v) is 19.8. The predicted molar refractivity (Wildman–Crippen MR) is 123 cm³/mol. The lowest BCUT2D eigenvalue weighted by Gasteiger charge is -2.39. The summed E-state index contributed by atoms with van der Waals surface area (Å²) < 4.78 is 26.1. The van der Waals surface area contributed by atoms with E-state index < -0.39 is 15.6 Å². The molecule has 1 saturated heterocycles. The van der Waals surface area contributed by atoms with Crippen LogP contribution in [0.4, 0.5) is 11.8 Å². The summed E-state index contributed by atoms with van der Waals surface area (Å²) in [6, 6.07) is 0.189. The van der Waals surface area contributed by atoms with Gasteiger partial charge in [0, 0.05) is 34.5 Å². The lowest BCUT2D eigenvalue weighted by atomic mass is 9.97. The van der Waals surface area contributed by atoms with Crippen LogP contribution in [-0.4, -0.2) is 71.4 Å². The van der Waals surface area contributed by atoms with Crippen molar-refractivity contribution in [3.05, 3.63) is 15.3 Å². The van der Waals surface area contributed by atoms with Crippen molar-refractivity contribution >= 4 is 50.5 Å². The number of hydrogen-bond donors (Lipinski definition) is 2. The molecule has 0 radical (unpaired) electrons. The topological polar surface area (TPSA) is 98.7 Å². The first-order chi connectivity index (χ1) is 13.6. The summed E-state index contributed by atoms with van der Waals surface area (Å²) in [5, 5.41) is 14.3. The predicted octanol–water partition coefficient (Wildman–Crippen LogP) is 2.21. The largest absolute Gasteiger partial charge is 0.388 e. The zero-order chi connectivity index (χ0) is 20.8. The number of piperidine rings is 1. The number of aromatic nitrogens is 2. The summed E-state index contributed by atoms with van der Waals surface area (Å²) in [4.78, 5) is 11.5. The number of anilines is 2. The lowest BCUT2D eigenvalue weighted by molar-refractivity contribution is 0.0492. The lowest BCUT2D eigenvalue weighted by Crippen LogP contribution is -2.49. The van der Waals surface area contributed by atoms with E-state index in [-0.39, 0.29) is 12.1 Å². The fraction of sp³-hybridized carbons (Fsp3) is 0.684. The van der Waals surface area contributed by atoms with Crippen LogP contribution in [0.5, 0.6) is 0 Å². The van der Waals surface area contributed by atoms with Crippen molar-refractivity contribution in [1.82, 2.24) is 14.3 Å². The smallest absolute Gasteiger partial charge is 0.224 e. The van der Waals surface area contributed by atoms with Crippen LogP contribution in [0.25, 0.3) is 6.08 Å². The maximum absolute atomic E-state index is 11.7. The van der Waals surface area contributed by atoms with Gasteiger partial charge < -0.3 is 15.3 Å². The fourth-order valence-electron chi connectivity index (χ4n) is 4.63. The Labute approximate surface area is 186 Å². The van der Waals surface area contributed by atoms with Gasteiger partial charge in [-0.05, 0) is 67.7 Å². The highest BCUT2D eigenvalue weighted by Crippen LogP contribution is 2.40. The van der Waals surface area contributed by atoms with E-state index in [1.807, 2.05) is 13.1 Å². The van der Waals surface area contributed by atoms with Gasteiger partial charge in [-0.25, -0.2) is 17.7 Å². The van der Waals surface area contributed by atoms with Crippen LogP contribution < -0.4 is 10.2 Å². The molecule has 8 nitrogen and oxygen atoms in total. The van der Waals surface area contributed by atoms with Crippen LogP contribution in [0.2, 0.25) is 0 Å². The van der Waals surface area contributed by atoms with Crippen molar-refractivity contribution in [3.63, 3.8) is 0 Å². The van der Waals surface area contributed by atoms with Gasteiger partial charge in [0.1, 0.15) is 5.82 Å². The van der Waals surface area contributed by atoms with Crippen LogP contribution >= 0.6 is 22.6 Å². The van der Waals surface area contributed by atoms with E-state index in [0.29, 0.717) is 19.0 Å². The average Bonchev–Trinajstić information content (AvgIpc) is 3.00. The third-order valence-corrected chi connectivity index (χ3v) is 8.17. The number of hydrogen-bond acceptors (Lipinski definition) is 7. The second-order valence-electron chi connectivity index (χ2n) is 8.54. The molecule has 3 aliphatic rings. The van der Waals surface area contributed by atoms with Gasteiger partial charge >= 0.3 is 0 Å². The fourth-order valence-corrected chi connectivity index (χ4v) is 6.21. The first-order valence-electron chi connectivity index (χ1n) is 10.1. The third-order valence-electron chi connectivity index (χ3n) is 6.21. The van der Waals surface area contributed by atoms with E-state index in [0.717, 1.165) is 50.0 Å². The van der Waals surface area contributed by atoms with Gasteiger partial charge in [0.15, 0.2) is 0 Å². The average molecular weight is 533 g/mol. The van der Waals surface area contributed by atoms with Gasteiger partial charge in [0.25, 0.3) is 0 Å². The zero-order valence-electron chi connectivity index (χ0n) is 16.8. The minimum Gasteiger partial charge on any atom is -0.388 e. The molecular formula is C19H28IN5O3S. The quantitative estimate of drug-likeness (QED) is 0.573. The third kappa shape index (κ3) is 4.54. The molecule has 4 rings (SSSR count). The highest BCUT2D eigenvalue weighted by molar-refractivity contribution is 14.1. The summed E-state index contributed by atoms with van der Waals surface area (Å²) in [6.45, 7) is 3.70. The van der Waals surface area contributed by atoms with E-state index in [4.69, 9.17) is 4.98 Å². The van der Waals surface area contributed by atoms with E-state index in [2.05, 4.69) is 43.9 Å². The van der Waals surface area contributed by atoms with Gasteiger partial charge in [0.2, 0.25) is 16.0 Å². The summed E-state index contributed by atoms with van der Waals surface area (Å²) in [6.07, 6.45) is 9.42. The number of halogens is 1. The van der Waals surface area contributed by atoms with Crippen LogP contribution in [0.3, 0.4) is 0 Å². The number of aliphatic hydroxyl groups is 1. The Morgan fingerprint density at radius 2 is 2.03 bits per heavy atom. The van der Waals surface area contributed by atoms with Crippen LogP contribution in [0, 0.1) is 0 Å². The first kappa shape index (κ1) is 21.3. The summed E-state index contributed by atoms with van der Waals surface area (Å²) in [5.41, 5.74) is 0.253. The Hall–Kier alpha value is -0.980. The van der Waals surface area contributed by atoms with Crippen molar-refractivity contribution in [2.75, 3.05) is 36.1 Å². The molecule has 1 aliphatic carbocycles. The van der Waals surface area contributed by atoms with E-state index >= 15 is 0 Å². The molecule has 2 atom stereocenters. The highest BCUT2D eigenvalue weighted by atomic mass is 127. The summed E-state index contributed by atoms with van der Waals surface area (Å²) >= 11 is 2.34. The van der Waals surface area contributed by atoms with Gasteiger partial charge in [0.05, 0.1) is 24.4 Å². The first-order valence-corrected chi connectivity index (χ1v) is 13.0. The maximum Gasteiger partial charge on any atom is 0.224 e. The molecule has 29 heavy (non-hydrogen) atoms. The number of rotatable bonds is 4. The molecule has 1 aromatic heterocycles. The monoisotopic (exact) mass is 533 g/mol. The molecule has 1 aromatic rings. The minimum absolute atomic E-state index is 0.0421. The molecule has 0 unspecified atom stereocenters. The second kappa shape index (κ2) is 7.93. The minimum atomic E-state index is -3.13. The summed E-state index contributed by atoms with van der Waals surface area (Å²) in [5.74, 6) is 1.43. The molecule has 0 aromatic carbocycles. The Morgan fingerprint density at radius 1 is 1.31 bits per heavy atom. The molecule has 10 heteroatoms. The molecule has 160 valence electrons. The van der Waals surface area contributed by atoms with Crippen molar-refractivity contribution in [1.29, 1.82) is 0 Å². The number of nitrogens with zero attached hydrogens (tertiary/aromatic N) is 4. The normalized spacial score (nSPS) is 28.9. The Morgan fingerprint density at radius 3 is 2.66 bits per heavy atom. The molecular weight excluding hydrogens is 505 g/mol. The Kier molecular flexibility index (Phi) is 5.82. The molecule has 0 spiro atoms. The van der Waals surface area contributed by atoms with Gasteiger partial charge in [-0.3, -0.25) is 0 Å². The van der Waals surface area contributed by atoms with Crippen LogP contribution in [-0.2, 0) is 10.0 Å². The molecule has 1 saturated carbocycles. The Balaban J connectivity index is 1.52. The van der Waals surface area contributed by atoms with Crippen LogP contribution in [0.1, 0.15) is 44.6 Å². The van der Waals surface area contributed by atoms with E-state index in [1.165, 1.54) is 14.1 Å². The van der Waals surface area contributed by atoms with Crippen molar-refractivity contribution in [3.8, 4) is 0 Å². The van der Waals surface area contributed by atoms with E-state index in [1.54, 1.807) is 0 Å².